The van der Waals surface area contributed by atoms with Crippen LogP contribution in [0.25, 0.3) is 22.4 Å². The fourth-order valence-electron chi connectivity index (χ4n) is 5.28. The lowest BCUT2D eigenvalue weighted by molar-refractivity contribution is 0.239. The molecule has 31 heavy (non-hydrogen) atoms. The second-order valence-electron chi connectivity index (χ2n) is 8.73. The van der Waals surface area contributed by atoms with Gasteiger partial charge in [0.1, 0.15) is 11.9 Å². The van der Waals surface area contributed by atoms with Gasteiger partial charge in [-0.05, 0) is 72.7 Å². The van der Waals surface area contributed by atoms with E-state index >= 15 is 0 Å². The monoisotopic (exact) mass is 412 g/mol. The van der Waals surface area contributed by atoms with Gasteiger partial charge in [0.15, 0.2) is 0 Å². The minimum atomic E-state index is -0.502. The van der Waals surface area contributed by atoms with Crippen molar-refractivity contribution in [1.82, 2.24) is 9.88 Å². The predicted octanol–water partition coefficient (Wildman–Crippen LogP) is 4.80. The number of benzene rings is 2. The Hall–Kier alpha value is -3.07. The van der Waals surface area contributed by atoms with E-state index < -0.39 is 5.82 Å². The Labute approximate surface area is 182 Å². The van der Waals surface area contributed by atoms with E-state index in [0.717, 1.165) is 40.9 Å². The van der Waals surface area contributed by atoms with Gasteiger partial charge >= 0.3 is 0 Å². The van der Waals surface area contributed by atoms with Crippen LogP contribution in [0.1, 0.15) is 36.0 Å². The second kappa shape index (κ2) is 7.88. The van der Waals surface area contributed by atoms with Gasteiger partial charge in [0, 0.05) is 36.4 Å². The van der Waals surface area contributed by atoms with Crippen molar-refractivity contribution in [2.24, 2.45) is 5.73 Å². The maximum absolute atomic E-state index is 14.5. The maximum atomic E-state index is 14.5. The average molecular weight is 413 g/mol. The summed E-state index contributed by atoms with van der Waals surface area (Å²) in [5, 5.41) is 9.11. The van der Waals surface area contributed by atoms with E-state index in [1.807, 2.05) is 31.2 Å². The molecule has 4 nitrogen and oxygen atoms in total. The minimum Gasteiger partial charge on any atom is -0.326 e. The molecule has 2 saturated heterocycles. The number of rotatable bonds is 4. The van der Waals surface area contributed by atoms with Gasteiger partial charge in [0.05, 0.1) is 11.3 Å². The van der Waals surface area contributed by atoms with Crippen LogP contribution in [0.3, 0.4) is 0 Å². The van der Waals surface area contributed by atoms with Crippen LogP contribution >= 0.6 is 0 Å². The van der Waals surface area contributed by atoms with Crippen LogP contribution < -0.4 is 5.73 Å². The smallest absolute Gasteiger partial charge is 0.141 e. The van der Waals surface area contributed by atoms with Crippen molar-refractivity contribution in [3.05, 3.63) is 77.2 Å². The quantitative estimate of drug-likeness (QED) is 0.669. The first-order valence-electron chi connectivity index (χ1n) is 10.8. The molecule has 3 atom stereocenters. The molecule has 2 aliphatic heterocycles. The molecule has 5 rings (SSSR count). The van der Waals surface area contributed by atoms with Crippen LogP contribution in [0.2, 0.25) is 0 Å². The van der Waals surface area contributed by atoms with Gasteiger partial charge in [-0.25, -0.2) is 4.39 Å². The first-order valence-corrected chi connectivity index (χ1v) is 10.8. The molecule has 0 saturated carbocycles. The molecule has 2 fully saturated rings. The van der Waals surface area contributed by atoms with Gasteiger partial charge < -0.3 is 5.73 Å². The number of halogens is 1. The number of pyridine rings is 1. The number of hydrogen-bond donors (Lipinski definition) is 1. The van der Waals surface area contributed by atoms with E-state index in [1.165, 1.54) is 24.5 Å². The third-order valence-electron chi connectivity index (χ3n) is 6.84. The first-order chi connectivity index (χ1) is 15.0. The number of hydrogen-bond acceptors (Lipinski definition) is 4. The third kappa shape index (κ3) is 3.52. The molecule has 0 radical (unpaired) electrons. The first kappa shape index (κ1) is 19.9. The Balaban J connectivity index is 1.59. The number of aromatic nitrogens is 1. The molecule has 2 bridgehead atoms. The zero-order valence-electron chi connectivity index (χ0n) is 17.6. The van der Waals surface area contributed by atoms with Gasteiger partial charge in [0.2, 0.25) is 0 Å². The Morgan fingerprint density at radius 3 is 2.71 bits per heavy atom. The van der Waals surface area contributed by atoms with E-state index in [1.54, 1.807) is 12.3 Å². The molecule has 2 aliphatic rings. The van der Waals surface area contributed by atoms with Crippen molar-refractivity contribution >= 4 is 0 Å². The summed E-state index contributed by atoms with van der Waals surface area (Å²) in [6.45, 7) is 2.87. The van der Waals surface area contributed by atoms with Gasteiger partial charge in [-0.2, -0.15) is 5.26 Å². The summed E-state index contributed by atoms with van der Waals surface area (Å²) in [4.78, 5) is 7.13. The van der Waals surface area contributed by atoms with E-state index in [4.69, 9.17) is 11.0 Å². The average Bonchev–Trinajstić information content (AvgIpc) is 3.29. The highest BCUT2D eigenvalue weighted by atomic mass is 19.1. The third-order valence-corrected chi connectivity index (χ3v) is 6.84. The summed E-state index contributed by atoms with van der Waals surface area (Å²) in [5.41, 5.74) is 12.2. The molecule has 2 aromatic carbocycles. The summed E-state index contributed by atoms with van der Waals surface area (Å²) in [5.74, 6) is -0.502. The maximum Gasteiger partial charge on any atom is 0.141 e. The lowest BCUT2D eigenvalue weighted by atomic mass is 9.93. The number of nitriles is 1. The zero-order valence-corrected chi connectivity index (χ0v) is 17.6. The normalized spacial score (nSPS) is 22.6. The second-order valence-corrected chi connectivity index (χ2v) is 8.73. The number of nitrogens with two attached hydrogens (primary N) is 1. The van der Waals surface area contributed by atoms with Crippen molar-refractivity contribution < 1.29 is 4.39 Å². The lowest BCUT2D eigenvalue weighted by Gasteiger charge is -2.23. The molecular formula is C26H25FN4. The van der Waals surface area contributed by atoms with Crippen LogP contribution in [0.15, 0.2) is 54.7 Å². The zero-order chi connectivity index (χ0) is 21.5. The summed E-state index contributed by atoms with van der Waals surface area (Å²) in [6, 6.07) is 18.3. The highest BCUT2D eigenvalue weighted by Gasteiger charge is 2.44. The molecule has 2 N–H and O–H groups in total. The minimum absolute atomic E-state index is 0.0538. The highest BCUT2D eigenvalue weighted by molar-refractivity contribution is 5.83. The highest BCUT2D eigenvalue weighted by Crippen LogP contribution is 2.39. The molecule has 3 aromatic rings. The lowest BCUT2D eigenvalue weighted by Crippen LogP contribution is -2.36. The van der Waals surface area contributed by atoms with Crippen LogP contribution in [0.4, 0.5) is 4.39 Å². The van der Waals surface area contributed by atoms with Gasteiger partial charge in [-0.3, -0.25) is 9.88 Å². The van der Waals surface area contributed by atoms with Crippen molar-refractivity contribution in [2.75, 3.05) is 0 Å². The number of fused-ring (bicyclic) bond motifs is 2. The van der Waals surface area contributed by atoms with Gasteiger partial charge in [-0.15, -0.1) is 0 Å². The van der Waals surface area contributed by atoms with Crippen molar-refractivity contribution in [3.8, 4) is 28.5 Å². The molecular weight excluding hydrogens is 387 g/mol. The van der Waals surface area contributed by atoms with Crippen molar-refractivity contribution in [2.45, 2.75) is 50.9 Å². The number of aryl methyl sites for hydroxylation is 1. The van der Waals surface area contributed by atoms with E-state index in [9.17, 15) is 4.39 Å². The summed E-state index contributed by atoms with van der Waals surface area (Å²) < 4.78 is 14.5. The largest absolute Gasteiger partial charge is 0.326 e. The van der Waals surface area contributed by atoms with Crippen molar-refractivity contribution in [1.29, 1.82) is 5.26 Å². The van der Waals surface area contributed by atoms with Crippen LogP contribution in [0.5, 0.6) is 0 Å². The summed E-state index contributed by atoms with van der Waals surface area (Å²) in [6.07, 6.45) is 5.24. The Kier molecular flexibility index (Phi) is 5.05. The van der Waals surface area contributed by atoms with Crippen LogP contribution in [0, 0.1) is 24.1 Å². The van der Waals surface area contributed by atoms with E-state index in [-0.39, 0.29) is 11.6 Å². The van der Waals surface area contributed by atoms with Gasteiger partial charge in [-0.1, -0.05) is 24.3 Å². The molecule has 3 heterocycles. The van der Waals surface area contributed by atoms with Crippen molar-refractivity contribution in [3.63, 3.8) is 0 Å². The molecule has 156 valence electrons. The van der Waals surface area contributed by atoms with E-state index in [0.29, 0.717) is 12.1 Å². The fraction of sp³-hybridized carbons (Fsp3) is 0.308. The standard InChI is InChI=1S/C26H25FN4/c1-16-3-2-10-30-26(16)21-8-4-17(15-31-20-7-9-25(31)24(29)13-20)11-22(21)18-5-6-19(14-28)23(27)12-18/h2-6,8,10-12,20,24-25H,7,9,13,15,29H2,1H3/t20-,24+,25+/m1/s1. The molecule has 0 spiro atoms. The fourth-order valence-corrected chi connectivity index (χ4v) is 5.28. The Morgan fingerprint density at radius 1 is 1.16 bits per heavy atom. The topological polar surface area (TPSA) is 65.9 Å². The van der Waals surface area contributed by atoms with E-state index in [2.05, 4.69) is 28.1 Å². The molecule has 0 amide bonds. The molecule has 1 aromatic heterocycles. The molecule has 0 unspecified atom stereocenters. The predicted molar refractivity (Wildman–Crippen MR) is 119 cm³/mol. The summed E-state index contributed by atoms with van der Waals surface area (Å²) >= 11 is 0. The molecule has 0 aliphatic carbocycles. The Bertz CT molecular complexity index is 1180. The molecule has 5 heteroatoms. The summed E-state index contributed by atoms with van der Waals surface area (Å²) in [7, 11) is 0. The van der Waals surface area contributed by atoms with Crippen LogP contribution in [-0.2, 0) is 6.54 Å². The van der Waals surface area contributed by atoms with Gasteiger partial charge in [0.25, 0.3) is 0 Å². The SMILES string of the molecule is Cc1cccnc1-c1ccc(CN2[C@@H]3CC[C@H]2[C@@H](N)C3)cc1-c1ccc(C#N)c(F)c1. The number of nitrogens with zero attached hydrogens (tertiary/aromatic N) is 3. The van der Waals surface area contributed by atoms with Crippen LogP contribution in [-0.4, -0.2) is 28.0 Å². The Morgan fingerprint density at radius 2 is 2.03 bits per heavy atom.